The standard InChI is InChI=1S/C28H31N5O4/c1-18(34)26-25(29-5)24(19-9-15-22(16-10-19)36-23-8-6-7-17-30-23)32-33(26)21-13-11-20(12-14-21)31-27(35)37-28(2,3)4/h6-10,15-17,20-21H,11-14H2,1-4H3,(H,31,35). The molecular formula is C28H31N5O4. The number of carbonyl (C=O) groups is 2. The molecule has 4 rings (SSSR count). The van der Waals surface area contributed by atoms with Gasteiger partial charge in [-0.25, -0.2) is 14.6 Å². The normalized spacial score (nSPS) is 17.5. The summed E-state index contributed by atoms with van der Waals surface area (Å²) in [6, 6.07) is 12.6. The first-order valence-electron chi connectivity index (χ1n) is 12.3. The van der Waals surface area contributed by atoms with Gasteiger partial charge in [0.15, 0.2) is 5.78 Å². The maximum Gasteiger partial charge on any atom is 0.407 e. The molecule has 1 saturated carbocycles. The predicted octanol–water partition coefficient (Wildman–Crippen LogP) is 6.50. The number of pyridine rings is 1. The van der Waals surface area contributed by atoms with Gasteiger partial charge in [-0.1, -0.05) is 18.2 Å². The zero-order chi connectivity index (χ0) is 26.6. The number of nitrogens with zero attached hydrogens (tertiary/aromatic N) is 4. The lowest BCUT2D eigenvalue weighted by Gasteiger charge is -2.31. The molecule has 1 aliphatic rings. The van der Waals surface area contributed by atoms with Gasteiger partial charge in [0.05, 0.1) is 18.3 Å². The van der Waals surface area contributed by atoms with Gasteiger partial charge in [0.25, 0.3) is 0 Å². The van der Waals surface area contributed by atoms with E-state index >= 15 is 0 Å². The van der Waals surface area contributed by atoms with Gasteiger partial charge in [0, 0.05) is 18.3 Å². The van der Waals surface area contributed by atoms with Crippen LogP contribution in [0.4, 0.5) is 10.5 Å². The molecule has 0 bridgehead atoms. The number of Topliss-reactive ketones (excluding diaryl/α,β-unsaturated/α-hetero) is 1. The zero-order valence-corrected chi connectivity index (χ0v) is 21.5. The summed E-state index contributed by atoms with van der Waals surface area (Å²) in [7, 11) is 0. The molecule has 9 heteroatoms. The van der Waals surface area contributed by atoms with Gasteiger partial charge < -0.3 is 14.8 Å². The quantitative estimate of drug-likeness (QED) is 0.306. The van der Waals surface area contributed by atoms with E-state index in [0.717, 1.165) is 31.2 Å². The molecule has 0 aliphatic heterocycles. The number of benzene rings is 1. The van der Waals surface area contributed by atoms with Crippen LogP contribution in [0.15, 0.2) is 48.7 Å². The predicted molar refractivity (Wildman–Crippen MR) is 139 cm³/mol. The third-order valence-electron chi connectivity index (χ3n) is 6.08. The minimum absolute atomic E-state index is 0.00566. The summed E-state index contributed by atoms with van der Waals surface area (Å²) in [5.74, 6) is 0.889. The molecule has 37 heavy (non-hydrogen) atoms. The molecule has 0 atom stereocenters. The minimum atomic E-state index is -0.554. The summed E-state index contributed by atoms with van der Waals surface area (Å²) in [6.45, 7) is 14.7. The van der Waals surface area contributed by atoms with E-state index in [9.17, 15) is 9.59 Å². The summed E-state index contributed by atoms with van der Waals surface area (Å²) in [4.78, 5) is 32.6. The van der Waals surface area contributed by atoms with Crippen molar-refractivity contribution in [2.45, 2.75) is 71.1 Å². The Bertz CT molecular complexity index is 1300. The number of hydrogen-bond acceptors (Lipinski definition) is 6. The highest BCUT2D eigenvalue weighted by atomic mass is 16.6. The zero-order valence-electron chi connectivity index (χ0n) is 21.5. The van der Waals surface area contributed by atoms with E-state index in [-0.39, 0.29) is 23.6 Å². The van der Waals surface area contributed by atoms with Crippen molar-refractivity contribution >= 4 is 17.6 Å². The first-order chi connectivity index (χ1) is 17.6. The molecule has 9 nitrogen and oxygen atoms in total. The van der Waals surface area contributed by atoms with E-state index < -0.39 is 11.7 Å². The topological polar surface area (TPSA) is 99.7 Å². The first kappa shape index (κ1) is 25.9. The van der Waals surface area contributed by atoms with E-state index in [4.69, 9.17) is 21.1 Å². The number of ketones is 1. The summed E-state index contributed by atoms with van der Waals surface area (Å²) in [5, 5.41) is 7.70. The number of amides is 1. The van der Waals surface area contributed by atoms with Crippen molar-refractivity contribution in [3.05, 3.63) is 65.8 Å². The molecule has 1 N–H and O–H groups in total. The number of alkyl carbamates (subject to hydrolysis) is 1. The molecule has 2 heterocycles. The second-order valence-corrected chi connectivity index (χ2v) is 10.1. The number of hydrogen-bond donors (Lipinski definition) is 1. The Morgan fingerprint density at radius 3 is 2.35 bits per heavy atom. The molecule has 1 amide bonds. The lowest BCUT2D eigenvalue weighted by Crippen LogP contribution is -2.41. The second kappa shape index (κ2) is 10.8. The fourth-order valence-corrected chi connectivity index (χ4v) is 4.47. The van der Waals surface area contributed by atoms with E-state index in [2.05, 4.69) is 15.1 Å². The number of nitrogens with one attached hydrogen (secondary N) is 1. The third-order valence-corrected chi connectivity index (χ3v) is 6.08. The van der Waals surface area contributed by atoms with Crippen molar-refractivity contribution in [2.75, 3.05) is 0 Å². The maximum atomic E-state index is 12.6. The number of carbonyl (C=O) groups excluding carboxylic acids is 2. The molecule has 1 aromatic carbocycles. The summed E-state index contributed by atoms with van der Waals surface area (Å²) >= 11 is 0. The largest absolute Gasteiger partial charge is 0.444 e. The molecule has 3 aromatic rings. The minimum Gasteiger partial charge on any atom is -0.444 e. The summed E-state index contributed by atoms with van der Waals surface area (Å²) in [6.07, 6.45) is 4.12. The van der Waals surface area contributed by atoms with Crippen molar-refractivity contribution < 1.29 is 19.1 Å². The van der Waals surface area contributed by atoms with Crippen LogP contribution in [-0.4, -0.2) is 38.3 Å². The Hall–Kier alpha value is -4.19. The Morgan fingerprint density at radius 1 is 1.08 bits per heavy atom. The average Bonchev–Trinajstić information content (AvgIpc) is 3.24. The van der Waals surface area contributed by atoms with E-state index in [1.807, 2.05) is 45.0 Å². The average molecular weight is 502 g/mol. The molecule has 0 spiro atoms. The molecule has 1 aliphatic carbocycles. The lowest BCUT2D eigenvalue weighted by atomic mass is 9.91. The van der Waals surface area contributed by atoms with Gasteiger partial charge in [-0.05, 0) is 77.1 Å². The van der Waals surface area contributed by atoms with Crippen molar-refractivity contribution in [1.82, 2.24) is 20.1 Å². The molecule has 0 unspecified atom stereocenters. The van der Waals surface area contributed by atoms with Crippen LogP contribution in [0.5, 0.6) is 11.6 Å². The number of rotatable bonds is 6. The monoisotopic (exact) mass is 501 g/mol. The van der Waals surface area contributed by atoms with Gasteiger partial charge in [0.2, 0.25) is 11.6 Å². The maximum absolute atomic E-state index is 12.6. The Balaban J connectivity index is 1.52. The first-order valence-corrected chi connectivity index (χ1v) is 12.3. The van der Waals surface area contributed by atoms with Crippen molar-refractivity contribution in [1.29, 1.82) is 0 Å². The van der Waals surface area contributed by atoms with Gasteiger partial charge in [-0.2, -0.15) is 5.10 Å². The molecule has 1 fully saturated rings. The van der Waals surface area contributed by atoms with Gasteiger partial charge in [-0.3, -0.25) is 9.48 Å². The summed E-state index contributed by atoms with van der Waals surface area (Å²) < 4.78 is 12.8. The Labute approximate surface area is 216 Å². The van der Waals surface area contributed by atoms with E-state index in [0.29, 0.717) is 23.0 Å². The highest BCUT2D eigenvalue weighted by molar-refractivity contribution is 6.01. The van der Waals surface area contributed by atoms with Gasteiger partial charge in [-0.15, -0.1) is 0 Å². The Kier molecular flexibility index (Phi) is 7.58. The van der Waals surface area contributed by atoms with Gasteiger partial charge >= 0.3 is 6.09 Å². The van der Waals surface area contributed by atoms with Crippen molar-refractivity contribution in [2.24, 2.45) is 0 Å². The van der Waals surface area contributed by atoms with Crippen LogP contribution in [-0.2, 0) is 4.74 Å². The molecule has 0 saturated heterocycles. The number of ether oxygens (including phenoxy) is 2. The van der Waals surface area contributed by atoms with Crippen LogP contribution in [0.25, 0.3) is 16.1 Å². The second-order valence-electron chi connectivity index (χ2n) is 10.1. The highest BCUT2D eigenvalue weighted by Gasteiger charge is 2.31. The van der Waals surface area contributed by atoms with Crippen molar-refractivity contribution in [3.8, 4) is 22.9 Å². The lowest BCUT2D eigenvalue weighted by molar-refractivity contribution is 0.0487. The SMILES string of the molecule is [C-]#[N+]c1c(-c2ccc(Oc3ccccn3)cc2)nn(C2CCC(NC(=O)OC(C)(C)C)CC2)c1C(C)=O. The number of aromatic nitrogens is 3. The van der Waals surface area contributed by atoms with Crippen LogP contribution in [0.3, 0.4) is 0 Å². The van der Waals surface area contributed by atoms with Crippen LogP contribution in [0, 0.1) is 6.57 Å². The smallest absolute Gasteiger partial charge is 0.407 e. The third kappa shape index (κ3) is 6.33. The van der Waals surface area contributed by atoms with Crippen LogP contribution in [0.1, 0.15) is 69.9 Å². The van der Waals surface area contributed by atoms with E-state index in [1.165, 1.54) is 6.92 Å². The molecule has 192 valence electrons. The summed E-state index contributed by atoms with van der Waals surface area (Å²) in [5.41, 5.74) is 1.21. The molecule has 0 radical (unpaired) electrons. The van der Waals surface area contributed by atoms with E-state index in [1.54, 1.807) is 29.1 Å². The molecule has 2 aromatic heterocycles. The van der Waals surface area contributed by atoms with Gasteiger partial charge in [0.1, 0.15) is 17.0 Å². The van der Waals surface area contributed by atoms with Crippen LogP contribution >= 0.6 is 0 Å². The van der Waals surface area contributed by atoms with Crippen molar-refractivity contribution in [3.63, 3.8) is 0 Å². The van der Waals surface area contributed by atoms with Crippen LogP contribution < -0.4 is 10.1 Å². The molecular weight excluding hydrogens is 470 g/mol. The fourth-order valence-electron chi connectivity index (χ4n) is 4.47. The van der Waals surface area contributed by atoms with Crippen LogP contribution in [0.2, 0.25) is 0 Å². The highest BCUT2D eigenvalue weighted by Crippen LogP contribution is 2.39. The fraction of sp³-hybridized carbons (Fsp3) is 0.393. The Morgan fingerprint density at radius 2 is 1.78 bits per heavy atom.